The highest BCUT2D eigenvalue weighted by atomic mass is 19.1. The minimum atomic E-state index is -1.09. The lowest BCUT2D eigenvalue weighted by molar-refractivity contribution is -0.142. The lowest BCUT2D eigenvalue weighted by Gasteiger charge is -2.27. The summed E-state index contributed by atoms with van der Waals surface area (Å²) in [5.74, 6) is -0.424. The molecule has 0 spiro atoms. The number of methoxy groups -OCH3 is 1. The largest absolute Gasteiger partial charge is 0.480 e. The van der Waals surface area contributed by atoms with Crippen molar-refractivity contribution in [2.24, 2.45) is 0 Å². The Bertz CT molecular complexity index is 1100. The van der Waals surface area contributed by atoms with E-state index in [1.165, 1.54) is 19.0 Å². The number of alkyl halides is 1. The number of aliphatic carboxylic acids is 1. The van der Waals surface area contributed by atoms with E-state index >= 15 is 0 Å². The number of aromatic nitrogens is 3. The van der Waals surface area contributed by atoms with Gasteiger partial charge in [-0.2, -0.15) is 0 Å². The van der Waals surface area contributed by atoms with E-state index < -0.39 is 30.2 Å². The second-order valence-corrected chi connectivity index (χ2v) is 10.5. The van der Waals surface area contributed by atoms with Gasteiger partial charge in [0.05, 0.1) is 11.5 Å². The number of nitrogens with zero attached hydrogens (tertiary/aromatic N) is 4. The first-order valence-corrected chi connectivity index (χ1v) is 13.8. The lowest BCUT2D eigenvalue weighted by Crippen LogP contribution is -2.47. The highest BCUT2D eigenvalue weighted by molar-refractivity contribution is 5.93. The van der Waals surface area contributed by atoms with Gasteiger partial charge < -0.3 is 25.4 Å². The van der Waals surface area contributed by atoms with Crippen LogP contribution in [0.25, 0.3) is 0 Å². The molecule has 3 heterocycles. The van der Waals surface area contributed by atoms with Crippen molar-refractivity contribution in [1.82, 2.24) is 25.2 Å². The number of anilines is 1. The highest BCUT2D eigenvalue weighted by Gasteiger charge is 2.52. The van der Waals surface area contributed by atoms with Crippen LogP contribution in [0.3, 0.4) is 0 Å². The Morgan fingerprint density at radius 2 is 2.03 bits per heavy atom. The number of fused-ring (bicyclic) bond motifs is 1. The minimum Gasteiger partial charge on any atom is -0.480 e. The van der Waals surface area contributed by atoms with Gasteiger partial charge in [0.15, 0.2) is 0 Å². The number of amides is 1. The molecule has 3 N–H and O–H groups in total. The maximum Gasteiger partial charge on any atom is 0.326 e. The number of pyridine rings is 1. The second kappa shape index (κ2) is 13.7. The molecule has 1 amide bonds. The fourth-order valence-corrected chi connectivity index (χ4v) is 5.10. The molecule has 0 saturated heterocycles. The normalized spacial score (nSPS) is 17.1. The number of ether oxygens (including phenoxy) is 1. The predicted octanol–water partition coefficient (Wildman–Crippen LogP) is 2.53. The summed E-state index contributed by atoms with van der Waals surface area (Å²) >= 11 is 0. The summed E-state index contributed by atoms with van der Waals surface area (Å²) in [4.78, 5) is 39.9. The number of carboxylic acids is 1. The molecule has 2 aromatic heterocycles. The van der Waals surface area contributed by atoms with Crippen LogP contribution < -0.4 is 10.6 Å². The fourth-order valence-electron chi connectivity index (χ4n) is 5.10. The molecule has 39 heavy (non-hydrogen) atoms. The van der Waals surface area contributed by atoms with Gasteiger partial charge in [0, 0.05) is 50.4 Å². The molecule has 2 aliphatic rings. The first-order chi connectivity index (χ1) is 18.9. The molecule has 2 aromatic rings. The van der Waals surface area contributed by atoms with E-state index in [9.17, 15) is 19.1 Å². The first kappa shape index (κ1) is 28.8. The fraction of sp³-hybridized carbons (Fsp3) is 0.607. The van der Waals surface area contributed by atoms with Crippen LogP contribution in [0, 0.1) is 0 Å². The minimum absolute atomic E-state index is 0.198. The number of rotatable bonds is 16. The summed E-state index contributed by atoms with van der Waals surface area (Å²) in [6.07, 6.45) is 10.2. The van der Waals surface area contributed by atoms with Gasteiger partial charge in [-0.05, 0) is 69.5 Å². The first-order valence-electron chi connectivity index (χ1n) is 13.8. The number of hydrogen-bond donors (Lipinski definition) is 3. The van der Waals surface area contributed by atoms with Crippen molar-refractivity contribution >= 4 is 17.7 Å². The predicted molar refractivity (Wildman–Crippen MR) is 144 cm³/mol. The third kappa shape index (κ3) is 7.69. The van der Waals surface area contributed by atoms with E-state index in [-0.39, 0.29) is 12.3 Å². The number of halogens is 1. The lowest BCUT2D eigenvalue weighted by atomic mass is 9.97. The van der Waals surface area contributed by atoms with Crippen LogP contribution in [0.2, 0.25) is 0 Å². The summed E-state index contributed by atoms with van der Waals surface area (Å²) in [6, 6.07) is 3.18. The van der Waals surface area contributed by atoms with E-state index in [2.05, 4.69) is 32.7 Å². The molecule has 212 valence electrons. The number of unbranched alkanes of at least 4 members (excludes halogenated alkanes) is 1. The third-order valence-electron chi connectivity index (χ3n) is 7.71. The molecule has 4 rings (SSSR count). The molecule has 0 radical (unpaired) electrons. The number of carbonyl (C=O) groups is 2. The summed E-state index contributed by atoms with van der Waals surface area (Å²) in [5, 5.41) is 15.9. The average molecular weight is 543 g/mol. The van der Waals surface area contributed by atoms with Gasteiger partial charge in [-0.15, -0.1) is 0 Å². The van der Waals surface area contributed by atoms with E-state index in [4.69, 9.17) is 9.72 Å². The number of carboxylic acid groups (broad SMARTS) is 1. The van der Waals surface area contributed by atoms with Gasteiger partial charge in [0.2, 0.25) is 5.91 Å². The summed E-state index contributed by atoms with van der Waals surface area (Å²) in [6.45, 7) is 1.72. The van der Waals surface area contributed by atoms with Gasteiger partial charge in [0.1, 0.15) is 24.9 Å². The SMILES string of the molecule is CO[C@H](CF)CN(CCCCc1ccc2c(n1)NCCC2)CC[C@H](NC(=O)C1(c2cncnc2)CC1)C(=O)O. The Hall–Kier alpha value is -3.18. The van der Waals surface area contributed by atoms with Crippen molar-refractivity contribution in [2.75, 3.05) is 45.3 Å². The standard InChI is InChI=1S/C28H39FN6O4/c1-39-23(15-29)18-35(13-3-2-6-22-8-7-20-5-4-12-32-25(20)33-22)14-9-24(26(36)37)34-27(38)28(10-11-28)21-16-30-19-31-17-21/h7-8,16-17,19,23-24H,2-6,9-15,18H2,1H3,(H,32,33)(H,34,38)(H,36,37)/t23-,24+/m1/s1. The highest BCUT2D eigenvalue weighted by Crippen LogP contribution is 2.48. The number of nitrogens with one attached hydrogen (secondary N) is 2. The molecular formula is C28H39FN6O4. The van der Waals surface area contributed by atoms with Crippen molar-refractivity contribution in [3.63, 3.8) is 0 Å². The zero-order valence-corrected chi connectivity index (χ0v) is 22.6. The summed E-state index contributed by atoms with van der Waals surface area (Å²) in [5.41, 5.74) is 2.24. The van der Waals surface area contributed by atoms with Gasteiger partial charge in [-0.25, -0.2) is 24.1 Å². The molecule has 1 fully saturated rings. The quantitative estimate of drug-likeness (QED) is 0.274. The Balaban J connectivity index is 1.30. The number of aryl methyl sites for hydroxylation is 2. The van der Waals surface area contributed by atoms with Gasteiger partial charge >= 0.3 is 5.97 Å². The van der Waals surface area contributed by atoms with Crippen LogP contribution in [-0.4, -0.2) is 88.9 Å². The topological polar surface area (TPSA) is 130 Å². The second-order valence-electron chi connectivity index (χ2n) is 10.5. The number of hydrogen-bond acceptors (Lipinski definition) is 8. The maximum atomic E-state index is 13.4. The zero-order valence-electron chi connectivity index (χ0n) is 22.6. The Morgan fingerprint density at radius 1 is 1.23 bits per heavy atom. The van der Waals surface area contributed by atoms with E-state index in [0.29, 0.717) is 38.0 Å². The van der Waals surface area contributed by atoms with E-state index in [0.717, 1.165) is 50.2 Å². The molecule has 0 unspecified atom stereocenters. The van der Waals surface area contributed by atoms with Gasteiger partial charge in [-0.3, -0.25) is 4.79 Å². The van der Waals surface area contributed by atoms with Crippen LogP contribution in [-0.2, 0) is 32.6 Å². The smallest absolute Gasteiger partial charge is 0.326 e. The molecule has 2 atom stereocenters. The average Bonchev–Trinajstić information content (AvgIpc) is 3.78. The molecule has 1 aliphatic heterocycles. The Morgan fingerprint density at radius 3 is 2.72 bits per heavy atom. The van der Waals surface area contributed by atoms with Crippen LogP contribution in [0.5, 0.6) is 0 Å². The van der Waals surface area contributed by atoms with E-state index in [1.807, 2.05) is 4.90 Å². The molecule has 0 aromatic carbocycles. The van der Waals surface area contributed by atoms with Crippen molar-refractivity contribution in [3.05, 3.63) is 47.7 Å². The van der Waals surface area contributed by atoms with Gasteiger partial charge in [-0.1, -0.05) is 6.07 Å². The van der Waals surface area contributed by atoms with Crippen molar-refractivity contribution in [2.45, 2.75) is 68.9 Å². The van der Waals surface area contributed by atoms with Crippen LogP contribution in [0.1, 0.15) is 55.3 Å². The maximum absolute atomic E-state index is 13.4. The van der Waals surface area contributed by atoms with Crippen LogP contribution in [0.4, 0.5) is 10.2 Å². The van der Waals surface area contributed by atoms with Crippen molar-refractivity contribution < 1.29 is 23.8 Å². The molecule has 1 aliphatic carbocycles. The molecule has 10 nitrogen and oxygen atoms in total. The van der Waals surface area contributed by atoms with Crippen LogP contribution in [0.15, 0.2) is 30.9 Å². The Labute approximate surface area is 228 Å². The monoisotopic (exact) mass is 542 g/mol. The molecule has 11 heteroatoms. The molecular weight excluding hydrogens is 503 g/mol. The van der Waals surface area contributed by atoms with E-state index in [1.54, 1.807) is 12.4 Å². The summed E-state index contributed by atoms with van der Waals surface area (Å²) in [7, 11) is 1.47. The van der Waals surface area contributed by atoms with Gasteiger partial charge in [0.25, 0.3) is 0 Å². The third-order valence-corrected chi connectivity index (χ3v) is 7.71. The Kier molecular flexibility index (Phi) is 10.2. The number of carbonyl (C=O) groups excluding carboxylic acids is 1. The van der Waals surface area contributed by atoms with Crippen molar-refractivity contribution in [3.8, 4) is 0 Å². The van der Waals surface area contributed by atoms with Crippen molar-refractivity contribution in [1.29, 1.82) is 0 Å². The molecule has 0 bridgehead atoms. The summed E-state index contributed by atoms with van der Waals surface area (Å²) < 4.78 is 18.7. The van der Waals surface area contributed by atoms with Crippen LogP contribution >= 0.6 is 0 Å². The molecule has 1 saturated carbocycles. The zero-order chi connectivity index (χ0) is 27.7.